The third kappa shape index (κ3) is 4.59. The van der Waals surface area contributed by atoms with Crippen LogP contribution in [-0.2, 0) is 9.59 Å². The zero-order valence-electron chi connectivity index (χ0n) is 9.11. The molecule has 0 aromatic carbocycles. The average molecular weight is 230 g/mol. The first kappa shape index (κ1) is 12.9. The van der Waals surface area contributed by atoms with E-state index >= 15 is 0 Å². The Morgan fingerprint density at radius 1 is 0.938 bits per heavy atom. The molecule has 2 atom stereocenters. The summed E-state index contributed by atoms with van der Waals surface area (Å²) >= 11 is 0. The summed E-state index contributed by atoms with van der Waals surface area (Å²) in [7, 11) is 0. The minimum Gasteiger partial charge on any atom is -0.480 e. The largest absolute Gasteiger partial charge is 0.480 e. The van der Waals surface area contributed by atoms with Gasteiger partial charge in [0.15, 0.2) is 0 Å². The van der Waals surface area contributed by atoms with Crippen molar-refractivity contribution in [2.75, 3.05) is 13.1 Å². The molecule has 0 saturated heterocycles. The Bertz CT molecular complexity index is 231. The molecule has 1 saturated carbocycles. The molecular formula is C10H18N2O4. The number of nitrogens with one attached hydrogen (secondary N) is 2. The summed E-state index contributed by atoms with van der Waals surface area (Å²) in [5.74, 6) is -1.77. The number of aliphatic carboxylic acids is 2. The highest BCUT2D eigenvalue weighted by atomic mass is 16.4. The van der Waals surface area contributed by atoms with Gasteiger partial charge in [0.2, 0.25) is 0 Å². The normalized spacial score (nSPS) is 25.2. The number of rotatable bonds is 6. The topological polar surface area (TPSA) is 98.7 Å². The summed E-state index contributed by atoms with van der Waals surface area (Å²) in [5, 5.41) is 23.0. The first-order valence-corrected chi connectivity index (χ1v) is 5.50. The van der Waals surface area contributed by atoms with Gasteiger partial charge < -0.3 is 20.8 Å². The molecule has 1 aliphatic carbocycles. The van der Waals surface area contributed by atoms with E-state index in [1.54, 1.807) is 0 Å². The van der Waals surface area contributed by atoms with Gasteiger partial charge in [-0.1, -0.05) is 12.8 Å². The van der Waals surface area contributed by atoms with Gasteiger partial charge in [0.05, 0.1) is 13.1 Å². The van der Waals surface area contributed by atoms with Gasteiger partial charge in [-0.3, -0.25) is 9.59 Å². The van der Waals surface area contributed by atoms with Gasteiger partial charge in [0, 0.05) is 12.1 Å². The van der Waals surface area contributed by atoms with Crippen LogP contribution in [0.25, 0.3) is 0 Å². The molecule has 0 aromatic heterocycles. The van der Waals surface area contributed by atoms with Crippen molar-refractivity contribution in [3.63, 3.8) is 0 Å². The van der Waals surface area contributed by atoms with Crippen LogP contribution in [0.15, 0.2) is 0 Å². The molecule has 0 amide bonds. The maximum Gasteiger partial charge on any atom is 0.317 e. The fourth-order valence-corrected chi connectivity index (χ4v) is 2.06. The summed E-state index contributed by atoms with van der Waals surface area (Å²) in [4.78, 5) is 20.9. The van der Waals surface area contributed by atoms with Crippen LogP contribution in [0.3, 0.4) is 0 Å². The summed E-state index contributed by atoms with van der Waals surface area (Å²) in [6.45, 7) is -0.147. The molecule has 16 heavy (non-hydrogen) atoms. The standard InChI is InChI=1S/C10H18N2O4/c13-9(14)5-11-7-3-1-2-4-8(7)12-6-10(15)16/h7-8,11-12H,1-6H2,(H,13,14)(H,15,16). The molecular weight excluding hydrogens is 212 g/mol. The highest BCUT2D eigenvalue weighted by molar-refractivity contribution is 5.69. The molecule has 0 spiro atoms. The van der Waals surface area contributed by atoms with E-state index in [1.165, 1.54) is 0 Å². The Kier molecular flexibility index (Phi) is 5.21. The molecule has 0 radical (unpaired) electrons. The van der Waals surface area contributed by atoms with Crippen molar-refractivity contribution in [3.8, 4) is 0 Å². The molecule has 0 aromatic rings. The molecule has 6 nitrogen and oxygen atoms in total. The number of carboxylic acid groups (broad SMARTS) is 2. The quantitative estimate of drug-likeness (QED) is 0.497. The maximum absolute atomic E-state index is 10.4. The van der Waals surface area contributed by atoms with Crippen LogP contribution in [0.4, 0.5) is 0 Å². The van der Waals surface area contributed by atoms with E-state index in [9.17, 15) is 9.59 Å². The molecule has 6 heteroatoms. The number of carboxylic acids is 2. The molecule has 1 fully saturated rings. The first-order chi connectivity index (χ1) is 7.59. The van der Waals surface area contributed by atoms with Crippen molar-refractivity contribution < 1.29 is 19.8 Å². The molecule has 4 N–H and O–H groups in total. The van der Waals surface area contributed by atoms with E-state index in [0.717, 1.165) is 25.7 Å². The minimum absolute atomic E-state index is 0.0594. The molecule has 0 bridgehead atoms. The predicted octanol–water partition coefficient (Wildman–Crippen LogP) is -0.354. The molecule has 92 valence electrons. The van der Waals surface area contributed by atoms with Gasteiger partial charge in [0.25, 0.3) is 0 Å². The lowest BCUT2D eigenvalue weighted by Gasteiger charge is -2.32. The van der Waals surface area contributed by atoms with E-state index in [2.05, 4.69) is 10.6 Å². The van der Waals surface area contributed by atoms with Gasteiger partial charge in [0.1, 0.15) is 0 Å². The van der Waals surface area contributed by atoms with Crippen LogP contribution < -0.4 is 10.6 Å². The van der Waals surface area contributed by atoms with E-state index in [1.807, 2.05) is 0 Å². The molecule has 1 rings (SSSR count). The highest BCUT2D eigenvalue weighted by Crippen LogP contribution is 2.18. The summed E-state index contributed by atoms with van der Waals surface area (Å²) in [5.41, 5.74) is 0. The summed E-state index contributed by atoms with van der Waals surface area (Å²) < 4.78 is 0. The van der Waals surface area contributed by atoms with Crippen molar-refractivity contribution in [2.45, 2.75) is 37.8 Å². The lowest BCUT2D eigenvalue weighted by Crippen LogP contribution is -2.52. The Morgan fingerprint density at radius 2 is 1.31 bits per heavy atom. The van der Waals surface area contributed by atoms with E-state index in [0.29, 0.717) is 0 Å². The van der Waals surface area contributed by atoms with Crippen LogP contribution in [0, 0.1) is 0 Å². The number of hydrogen-bond donors (Lipinski definition) is 4. The second kappa shape index (κ2) is 6.44. The fourth-order valence-electron chi connectivity index (χ4n) is 2.06. The molecule has 2 unspecified atom stereocenters. The van der Waals surface area contributed by atoms with Gasteiger partial charge in [-0.05, 0) is 12.8 Å². The zero-order chi connectivity index (χ0) is 12.0. The Labute approximate surface area is 94.0 Å². The Balaban J connectivity index is 2.37. The van der Waals surface area contributed by atoms with Crippen molar-refractivity contribution in [2.24, 2.45) is 0 Å². The molecule has 0 heterocycles. The van der Waals surface area contributed by atoms with Crippen molar-refractivity contribution in [1.82, 2.24) is 10.6 Å². The third-order valence-corrected chi connectivity index (χ3v) is 2.80. The van der Waals surface area contributed by atoms with Gasteiger partial charge >= 0.3 is 11.9 Å². The van der Waals surface area contributed by atoms with Crippen LogP contribution in [-0.4, -0.2) is 47.3 Å². The summed E-state index contributed by atoms with van der Waals surface area (Å²) in [6, 6.07) is 0.119. The van der Waals surface area contributed by atoms with Crippen molar-refractivity contribution >= 4 is 11.9 Å². The molecule has 0 aliphatic heterocycles. The van der Waals surface area contributed by atoms with Crippen LogP contribution in [0.5, 0.6) is 0 Å². The van der Waals surface area contributed by atoms with Crippen LogP contribution in [0.1, 0.15) is 25.7 Å². The monoisotopic (exact) mass is 230 g/mol. The average Bonchev–Trinajstić information content (AvgIpc) is 2.24. The van der Waals surface area contributed by atoms with Crippen LogP contribution >= 0.6 is 0 Å². The van der Waals surface area contributed by atoms with Crippen molar-refractivity contribution in [3.05, 3.63) is 0 Å². The second-order valence-electron chi connectivity index (χ2n) is 4.05. The zero-order valence-corrected chi connectivity index (χ0v) is 9.11. The van der Waals surface area contributed by atoms with Crippen LogP contribution in [0.2, 0.25) is 0 Å². The van der Waals surface area contributed by atoms with E-state index in [-0.39, 0.29) is 25.2 Å². The highest BCUT2D eigenvalue weighted by Gasteiger charge is 2.25. The van der Waals surface area contributed by atoms with Gasteiger partial charge in [-0.15, -0.1) is 0 Å². The van der Waals surface area contributed by atoms with Crippen molar-refractivity contribution in [1.29, 1.82) is 0 Å². The second-order valence-corrected chi connectivity index (χ2v) is 4.05. The van der Waals surface area contributed by atoms with E-state index in [4.69, 9.17) is 10.2 Å². The smallest absolute Gasteiger partial charge is 0.317 e. The Hall–Kier alpha value is -1.14. The lowest BCUT2D eigenvalue weighted by atomic mass is 9.90. The van der Waals surface area contributed by atoms with E-state index < -0.39 is 11.9 Å². The fraction of sp³-hybridized carbons (Fsp3) is 0.800. The maximum atomic E-state index is 10.4. The lowest BCUT2D eigenvalue weighted by molar-refractivity contribution is -0.137. The SMILES string of the molecule is O=C(O)CNC1CCCCC1NCC(=O)O. The first-order valence-electron chi connectivity index (χ1n) is 5.50. The number of carbonyl (C=O) groups is 2. The minimum atomic E-state index is -0.887. The third-order valence-electron chi connectivity index (χ3n) is 2.80. The number of hydrogen-bond acceptors (Lipinski definition) is 4. The molecule has 1 aliphatic rings. The van der Waals surface area contributed by atoms with Gasteiger partial charge in [-0.25, -0.2) is 0 Å². The summed E-state index contributed by atoms with van der Waals surface area (Å²) in [6.07, 6.45) is 3.90. The Morgan fingerprint density at radius 3 is 1.62 bits per heavy atom. The predicted molar refractivity (Wildman–Crippen MR) is 57.3 cm³/mol. The van der Waals surface area contributed by atoms with Gasteiger partial charge in [-0.2, -0.15) is 0 Å².